The third kappa shape index (κ3) is 4.17. The number of nitrogens with zero attached hydrogens (tertiary/aromatic N) is 3. The van der Waals surface area contributed by atoms with E-state index >= 15 is 0 Å². The molecular weight excluding hydrogens is 474 g/mol. The van der Waals surface area contributed by atoms with Crippen LogP contribution in [-0.2, 0) is 12.6 Å². The second-order valence-corrected chi connectivity index (χ2v) is 8.65. The number of thiazole rings is 1. The first-order valence-corrected chi connectivity index (χ1v) is 10.8. The fourth-order valence-electron chi connectivity index (χ4n) is 3.62. The molecule has 0 unspecified atom stereocenters. The van der Waals surface area contributed by atoms with Crippen LogP contribution in [0.15, 0.2) is 51.9 Å². The summed E-state index contributed by atoms with van der Waals surface area (Å²) in [6, 6.07) is 6.53. The summed E-state index contributed by atoms with van der Waals surface area (Å²) in [6.07, 6.45) is -1.69. The van der Waals surface area contributed by atoms with Crippen molar-refractivity contribution in [3.05, 3.63) is 70.4 Å². The minimum absolute atomic E-state index is 0.134. The molecule has 0 saturated heterocycles. The summed E-state index contributed by atoms with van der Waals surface area (Å²) < 4.78 is 57.6. The van der Waals surface area contributed by atoms with Crippen molar-refractivity contribution < 1.29 is 22.0 Å². The Hall–Kier alpha value is -3.64. The van der Waals surface area contributed by atoms with Gasteiger partial charge in [-0.2, -0.15) is 17.6 Å². The molecule has 34 heavy (non-hydrogen) atoms. The van der Waals surface area contributed by atoms with Crippen LogP contribution in [0.3, 0.4) is 0 Å². The standard InChI is InChI=1S/C22H15F4N5O2S/c23-16-6-14-11(8-29-16)2-3-13-18(14)33-20(32)17-19(13)34-21(31-17)30-9-12(27)5-10-1-4-15(28-7-10)22(24,25)26/h1-4,6-8,12H,5,9,27H2,(H,30,31)/t12-/m0/s1. The first-order chi connectivity index (χ1) is 16.2. The summed E-state index contributed by atoms with van der Waals surface area (Å²) in [5.41, 5.74) is 5.44. The van der Waals surface area contributed by atoms with E-state index in [1.807, 2.05) is 0 Å². The second kappa shape index (κ2) is 8.29. The van der Waals surface area contributed by atoms with Crippen LogP contribution in [0.25, 0.3) is 32.0 Å². The second-order valence-electron chi connectivity index (χ2n) is 7.65. The number of alkyl halides is 3. The van der Waals surface area contributed by atoms with E-state index in [0.717, 1.165) is 12.3 Å². The molecule has 0 fully saturated rings. The Labute approximate surface area is 192 Å². The van der Waals surface area contributed by atoms with Gasteiger partial charge >= 0.3 is 11.8 Å². The van der Waals surface area contributed by atoms with Crippen molar-refractivity contribution in [1.82, 2.24) is 15.0 Å². The largest absolute Gasteiger partial charge is 0.433 e. The number of hydrogen-bond acceptors (Lipinski definition) is 8. The van der Waals surface area contributed by atoms with Crippen molar-refractivity contribution in [2.24, 2.45) is 5.73 Å². The molecule has 5 rings (SSSR count). The molecule has 0 aliphatic rings. The summed E-state index contributed by atoms with van der Waals surface area (Å²) >= 11 is 1.22. The Bertz CT molecular complexity index is 1580. The number of pyridine rings is 2. The van der Waals surface area contributed by atoms with Crippen LogP contribution in [0, 0.1) is 5.95 Å². The fraction of sp³-hybridized carbons (Fsp3) is 0.182. The van der Waals surface area contributed by atoms with Crippen LogP contribution in [0.4, 0.5) is 22.7 Å². The SMILES string of the molecule is N[C@H](CNc1nc2c(=O)oc3c4cc(F)ncc4ccc3c2s1)Cc1ccc(C(F)(F)F)nc1. The summed E-state index contributed by atoms with van der Waals surface area (Å²) in [5, 5.41) is 5.15. The van der Waals surface area contributed by atoms with Crippen LogP contribution in [0.5, 0.6) is 0 Å². The minimum atomic E-state index is -4.50. The van der Waals surface area contributed by atoms with E-state index in [1.54, 1.807) is 12.1 Å². The third-order valence-corrected chi connectivity index (χ3v) is 6.26. The molecule has 0 radical (unpaired) electrons. The van der Waals surface area contributed by atoms with Gasteiger partial charge in [-0.1, -0.05) is 23.5 Å². The highest BCUT2D eigenvalue weighted by Gasteiger charge is 2.32. The molecule has 5 aromatic rings. The van der Waals surface area contributed by atoms with Crippen LogP contribution >= 0.6 is 11.3 Å². The highest BCUT2D eigenvalue weighted by molar-refractivity contribution is 7.23. The Morgan fingerprint density at radius 2 is 1.94 bits per heavy atom. The van der Waals surface area contributed by atoms with Gasteiger partial charge < -0.3 is 15.5 Å². The summed E-state index contributed by atoms with van der Waals surface area (Å²) in [7, 11) is 0. The van der Waals surface area contributed by atoms with Crippen LogP contribution in [0.1, 0.15) is 11.3 Å². The van der Waals surface area contributed by atoms with E-state index in [4.69, 9.17) is 10.2 Å². The van der Waals surface area contributed by atoms with E-state index in [-0.39, 0.29) is 17.6 Å². The van der Waals surface area contributed by atoms with E-state index in [0.29, 0.717) is 38.0 Å². The topological polar surface area (TPSA) is 107 Å². The molecular formula is C22H15F4N5O2S. The number of aromatic nitrogens is 3. The van der Waals surface area contributed by atoms with Gasteiger partial charge in [0.05, 0.1) is 4.70 Å². The number of anilines is 1. The predicted molar refractivity (Wildman–Crippen MR) is 120 cm³/mol. The molecule has 4 heterocycles. The van der Waals surface area contributed by atoms with E-state index < -0.39 is 29.5 Å². The molecule has 1 aromatic carbocycles. The summed E-state index contributed by atoms with van der Waals surface area (Å²) in [6.45, 7) is 0.254. The number of benzene rings is 1. The molecule has 3 N–H and O–H groups in total. The molecule has 1 atom stereocenters. The van der Waals surface area contributed by atoms with Gasteiger partial charge in [-0.05, 0) is 24.1 Å². The average Bonchev–Trinajstić information content (AvgIpc) is 3.23. The van der Waals surface area contributed by atoms with Crippen LogP contribution in [0.2, 0.25) is 0 Å². The van der Waals surface area contributed by atoms with Crippen molar-refractivity contribution >= 4 is 48.4 Å². The van der Waals surface area contributed by atoms with E-state index in [9.17, 15) is 22.4 Å². The maximum Gasteiger partial charge on any atom is 0.433 e. The smallest absolute Gasteiger partial charge is 0.420 e. The molecule has 12 heteroatoms. The lowest BCUT2D eigenvalue weighted by Gasteiger charge is -2.12. The number of halogens is 4. The fourth-order valence-corrected chi connectivity index (χ4v) is 4.60. The van der Waals surface area contributed by atoms with Crippen molar-refractivity contribution in [3.8, 4) is 0 Å². The van der Waals surface area contributed by atoms with Gasteiger partial charge in [0.25, 0.3) is 0 Å². The van der Waals surface area contributed by atoms with Gasteiger partial charge in [0.1, 0.15) is 11.3 Å². The number of rotatable bonds is 5. The van der Waals surface area contributed by atoms with Crippen molar-refractivity contribution in [3.63, 3.8) is 0 Å². The van der Waals surface area contributed by atoms with Crippen molar-refractivity contribution in [2.45, 2.75) is 18.6 Å². The quantitative estimate of drug-likeness (QED) is 0.162. The Balaban J connectivity index is 1.37. The number of hydrogen-bond donors (Lipinski definition) is 2. The summed E-state index contributed by atoms with van der Waals surface area (Å²) in [4.78, 5) is 23.9. The lowest BCUT2D eigenvalue weighted by molar-refractivity contribution is -0.141. The molecule has 0 aliphatic carbocycles. The molecule has 0 saturated carbocycles. The summed E-state index contributed by atoms with van der Waals surface area (Å²) in [5.74, 6) is -0.688. The Kier molecular flexibility index (Phi) is 5.41. The van der Waals surface area contributed by atoms with Gasteiger partial charge in [0, 0.05) is 47.2 Å². The van der Waals surface area contributed by atoms with Crippen LogP contribution < -0.4 is 16.7 Å². The lowest BCUT2D eigenvalue weighted by atomic mass is 10.1. The first kappa shape index (κ1) is 22.2. The molecule has 0 bridgehead atoms. The monoisotopic (exact) mass is 489 g/mol. The zero-order valence-corrected chi connectivity index (χ0v) is 18.0. The first-order valence-electron chi connectivity index (χ1n) is 10.0. The molecule has 174 valence electrons. The predicted octanol–water partition coefficient (Wildman–Crippen LogP) is 4.49. The highest BCUT2D eigenvalue weighted by Crippen LogP contribution is 2.34. The molecule has 7 nitrogen and oxygen atoms in total. The van der Waals surface area contributed by atoms with Gasteiger partial charge in [-0.25, -0.2) is 14.8 Å². The van der Waals surface area contributed by atoms with Gasteiger partial charge in [0.2, 0.25) is 5.95 Å². The Morgan fingerprint density at radius 3 is 2.68 bits per heavy atom. The van der Waals surface area contributed by atoms with Crippen molar-refractivity contribution in [2.75, 3.05) is 11.9 Å². The molecule has 4 aromatic heterocycles. The highest BCUT2D eigenvalue weighted by atomic mass is 32.1. The molecule has 0 amide bonds. The van der Waals surface area contributed by atoms with Crippen molar-refractivity contribution in [1.29, 1.82) is 0 Å². The Morgan fingerprint density at radius 1 is 1.12 bits per heavy atom. The number of nitrogens with one attached hydrogen (secondary N) is 1. The lowest BCUT2D eigenvalue weighted by Crippen LogP contribution is -2.31. The van der Waals surface area contributed by atoms with Crippen LogP contribution in [-0.4, -0.2) is 27.5 Å². The zero-order chi connectivity index (χ0) is 24.0. The minimum Gasteiger partial charge on any atom is -0.420 e. The third-order valence-electron chi connectivity index (χ3n) is 5.21. The van der Waals surface area contributed by atoms with Gasteiger partial charge in [0.15, 0.2) is 10.6 Å². The normalized spacial score (nSPS) is 13.1. The molecule has 0 spiro atoms. The number of fused-ring (bicyclic) bond motifs is 5. The average molecular weight is 489 g/mol. The van der Waals surface area contributed by atoms with E-state index in [1.165, 1.54) is 29.7 Å². The van der Waals surface area contributed by atoms with Gasteiger partial charge in [-0.15, -0.1) is 0 Å². The van der Waals surface area contributed by atoms with Gasteiger partial charge in [-0.3, -0.25) is 4.98 Å². The number of nitrogens with two attached hydrogens (primary N) is 1. The van der Waals surface area contributed by atoms with E-state index in [2.05, 4.69) is 20.3 Å². The maximum atomic E-state index is 13.7. The zero-order valence-electron chi connectivity index (χ0n) is 17.2. The molecule has 0 aliphatic heterocycles. The maximum absolute atomic E-state index is 13.7.